The lowest BCUT2D eigenvalue weighted by atomic mass is 10.1. The van der Waals surface area contributed by atoms with Crippen molar-refractivity contribution in [2.24, 2.45) is 0 Å². The van der Waals surface area contributed by atoms with Crippen molar-refractivity contribution in [2.45, 2.75) is 18.4 Å². The van der Waals surface area contributed by atoms with Crippen LogP contribution in [0.15, 0.2) is 102 Å². The predicted molar refractivity (Wildman–Crippen MR) is 137 cm³/mol. The molecular formula is C27H23N5OS. The SMILES string of the molecule is CC(=O)NSc1cncc(-c2cc(NCc3ccccc3)c3c(-c4ccccc4)ccn3n2)c1. The lowest BCUT2D eigenvalue weighted by Gasteiger charge is -2.13. The molecule has 34 heavy (non-hydrogen) atoms. The number of fused-ring (bicyclic) bond motifs is 1. The predicted octanol–water partition coefficient (Wildman–Crippen LogP) is 5.82. The van der Waals surface area contributed by atoms with E-state index < -0.39 is 0 Å². The highest BCUT2D eigenvalue weighted by atomic mass is 32.2. The Hall–Kier alpha value is -4.10. The molecule has 0 aliphatic rings. The number of pyridine rings is 1. The average Bonchev–Trinajstić information content (AvgIpc) is 3.32. The maximum Gasteiger partial charge on any atom is 0.226 e. The van der Waals surface area contributed by atoms with Crippen LogP contribution in [0.1, 0.15) is 12.5 Å². The first kappa shape index (κ1) is 21.7. The Morgan fingerprint density at radius 2 is 1.71 bits per heavy atom. The van der Waals surface area contributed by atoms with E-state index in [1.54, 1.807) is 12.4 Å². The number of carbonyl (C=O) groups is 1. The summed E-state index contributed by atoms with van der Waals surface area (Å²) in [6.45, 7) is 2.18. The number of carbonyl (C=O) groups excluding carboxylic acids is 1. The summed E-state index contributed by atoms with van der Waals surface area (Å²) in [6, 6.07) is 26.8. The zero-order chi connectivity index (χ0) is 23.3. The van der Waals surface area contributed by atoms with Crippen LogP contribution in [0, 0.1) is 0 Å². The number of rotatable bonds is 7. The second kappa shape index (κ2) is 9.80. The quantitative estimate of drug-likeness (QED) is 0.297. The Labute approximate surface area is 202 Å². The molecule has 0 atom stereocenters. The molecule has 3 aromatic heterocycles. The van der Waals surface area contributed by atoms with Gasteiger partial charge in [-0.1, -0.05) is 60.7 Å². The highest BCUT2D eigenvalue weighted by molar-refractivity contribution is 7.98. The van der Waals surface area contributed by atoms with Crippen molar-refractivity contribution in [3.8, 4) is 22.4 Å². The maximum absolute atomic E-state index is 11.3. The first-order valence-corrected chi connectivity index (χ1v) is 11.7. The molecule has 2 N–H and O–H groups in total. The number of anilines is 1. The van der Waals surface area contributed by atoms with Gasteiger partial charge >= 0.3 is 0 Å². The van der Waals surface area contributed by atoms with E-state index in [0.717, 1.165) is 38.5 Å². The van der Waals surface area contributed by atoms with Crippen LogP contribution in [0.2, 0.25) is 0 Å². The van der Waals surface area contributed by atoms with Crippen molar-refractivity contribution in [3.63, 3.8) is 0 Å². The van der Waals surface area contributed by atoms with Gasteiger partial charge in [0.2, 0.25) is 5.91 Å². The van der Waals surface area contributed by atoms with Crippen LogP contribution in [-0.4, -0.2) is 20.5 Å². The van der Waals surface area contributed by atoms with E-state index in [9.17, 15) is 4.79 Å². The van der Waals surface area contributed by atoms with E-state index in [-0.39, 0.29) is 5.91 Å². The van der Waals surface area contributed by atoms with Crippen LogP contribution in [0.4, 0.5) is 5.69 Å². The van der Waals surface area contributed by atoms with Gasteiger partial charge < -0.3 is 5.32 Å². The third-order valence-electron chi connectivity index (χ3n) is 5.35. The summed E-state index contributed by atoms with van der Waals surface area (Å²) in [5.41, 5.74) is 7.11. The minimum absolute atomic E-state index is 0.108. The average molecular weight is 466 g/mol. The third kappa shape index (κ3) is 4.79. The minimum Gasteiger partial charge on any atom is -0.379 e. The molecular weight excluding hydrogens is 442 g/mol. The fourth-order valence-corrected chi connectivity index (χ4v) is 4.35. The molecule has 2 aromatic carbocycles. The van der Waals surface area contributed by atoms with Gasteiger partial charge in [0, 0.05) is 48.1 Å². The summed E-state index contributed by atoms with van der Waals surface area (Å²) in [6.07, 6.45) is 5.49. The monoisotopic (exact) mass is 465 g/mol. The van der Waals surface area contributed by atoms with Gasteiger partial charge in [-0.05, 0) is 41.3 Å². The van der Waals surface area contributed by atoms with E-state index in [4.69, 9.17) is 5.10 Å². The van der Waals surface area contributed by atoms with Crippen molar-refractivity contribution in [2.75, 3.05) is 5.32 Å². The Morgan fingerprint density at radius 3 is 2.47 bits per heavy atom. The first-order chi connectivity index (χ1) is 16.7. The van der Waals surface area contributed by atoms with Gasteiger partial charge in [-0.2, -0.15) is 5.10 Å². The fraction of sp³-hybridized carbons (Fsp3) is 0.0741. The number of nitrogens with zero attached hydrogens (tertiary/aromatic N) is 3. The van der Waals surface area contributed by atoms with Crippen LogP contribution < -0.4 is 10.0 Å². The molecule has 5 aromatic rings. The number of amides is 1. The lowest BCUT2D eigenvalue weighted by Crippen LogP contribution is -2.09. The molecule has 0 saturated carbocycles. The van der Waals surface area contributed by atoms with Gasteiger partial charge in [0.15, 0.2) is 0 Å². The third-order valence-corrected chi connectivity index (χ3v) is 6.20. The van der Waals surface area contributed by atoms with Crippen molar-refractivity contribution in [1.29, 1.82) is 0 Å². The van der Waals surface area contributed by atoms with Gasteiger partial charge in [0.1, 0.15) is 0 Å². The molecule has 3 heterocycles. The van der Waals surface area contributed by atoms with E-state index in [1.165, 1.54) is 24.4 Å². The molecule has 0 aliphatic carbocycles. The molecule has 7 heteroatoms. The van der Waals surface area contributed by atoms with Crippen LogP contribution in [-0.2, 0) is 11.3 Å². The van der Waals surface area contributed by atoms with Crippen molar-refractivity contribution >= 4 is 29.1 Å². The largest absolute Gasteiger partial charge is 0.379 e. The van der Waals surface area contributed by atoms with Crippen LogP contribution >= 0.6 is 11.9 Å². The van der Waals surface area contributed by atoms with Crippen molar-refractivity contribution in [3.05, 3.63) is 103 Å². The van der Waals surface area contributed by atoms with Gasteiger partial charge in [0.25, 0.3) is 0 Å². The van der Waals surface area contributed by atoms with E-state index in [0.29, 0.717) is 6.54 Å². The molecule has 1 amide bonds. The molecule has 0 aliphatic heterocycles. The normalized spacial score (nSPS) is 10.9. The van der Waals surface area contributed by atoms with Crippen LogP contribution in [0.3, 0.4) is 0 Å². The summed E-state index contributed by atoms with van der Waals surface area (Å²) in [5, 5.41) is 8.51. The summed E-state index contributed by atoms with van der Waals surface area (Å²) in [5.74, 6) is -0.108. The van der Waals surface area contributed by atoms with Crippen molar-refractivity contribution < 1.29 is 4.79 Å². The number of hydrogen-bond donors (Lipinski definition) is 2. The van der Waals surface area contributed by atoms with Gasteiger partial charge in [-0.3, -0.25) is 14.5 Å². The molecule has 168 valence electrons. The highest BCUT2D eigenvalue weighted by Gasteiger charge is 2.14. The minimum atomic E-state index is -0.108. The molecule has 0 bridgehead atoms. The van der Waals surface area contributed by atoms with E-state index >= 15 is 0 Å². The number of benzene rings is 2. The topological polar surface area (TPSA) is 71.3 Å². The zero-order valence-electron chi connectivity index (χ0n) is 18.6. The van der Waals surface area contributed by atoms with Crippen LogP contribution in [0.5, 0.6) is 0 Å². The van der Waals surface area contributed by atoms with E-state index in [2.05, 4.69) is 51.4 Å². The fourth-order valence-electron chi connectivity index (χ4n) is 3.79. The van der Waals surface area contributed by atoms with Gasteiger partial charge in [-0.25, -0.2) is 4.52 Å². The smallest absolute Gasteiger partial charge is 0.226 e. The molecule has 0 spiro atoms. The summed E-state index contributed by atoms with van der Waals surface area (Å²) >= 11 is 1.24. The Kier molecular flexibility index (Phi) is 6.27. The number of hydrogen-bond acceptors (Lipinski definition) is 5. The number of nitrogens with one attached hydrogen (secondary N) is 2. The van der Waals surface area contributed by atoms with Gasteiger partial charge in [0.05, 0.1) is 16.9 Å². The molecule has 5 rings (SSSR count). The lowest BCUT2D eigenvalue weighted by molar-refractivity contribution is -0.117. The molecule has 6 nitrogen and oxygen atoms in total. The van der Waals surface area contributed by atoms with Crippen LogP contribution in [0.25, 0.3) is 27.9 Å². The Balaban J connectivity index is 1.58. The molecule has 0 unspecified atom stereocenters. The molecule has 0 fully saturated rings. The second-order valence-electron chi connectivity index (χ2n) is 7.84. The molecule has 0 saturated heterocycles. The summed E-state index contributed by atoms with van der Waals surface area (Å²) < 4.78 is 4.66. The second-order valence-corrected chi connectivity index (χ2v) is 8.72. The zero-order valence-corrected chi connectivity index (χ0v) is 19.4. The Bertz CT molecular complexity index is 1430. The standard InChI is InChI=1S/C27H23N5OS/c1-19(33)31-34-23-14-22(17-28-18-23)25-15-26(29-16-20-8-4-2-5-9-20)27-24(12-13-32(27)30-25)21-10-6-3-7-11-21/h2-15,17-18,29H,16H2,1H3,(H,31,33). The Morgan fingerprint density at radius 1 is 0.941 bits per heavy atom. The van der Waals surface area contributed by atoms with Gasteiger partial charge in [-0.15, -0.1) is 0 Å². The van der Waals surface area contributed by atoms with Crippen molar-refractivity contribution in [1.82, 2.24) is 19.3 Å². The number of aromatic nitrogens is 3. The highest BCUT2D eigenvalue weighted by Crippen LogP contribution is 2.33. The first-order valence-electron chi connectivity index (χ1n) is 10.9. The summed E-state index contributed by atoms with van der Waals surface area (Å²) in [4.78, 5) is 16.5. The maximum atomic E-state index is 11.3. The molecule has 0 radical (unpaired) electrons. The van der Waals surface area contributed by atoms with E-state index in [1.807, 2.05) is 53.2 Å². The summed E-state index contributed by atoms with van der Waals surface area (Å²) in [7, 11) is 0.